The Kier molecular flexibility index (Phi) is 5.68. The topological polar surface area (TPSA) is 102 Å². The second kappa shape index (κ2) is 8.38. The zero-order valence-electron chi connectivity index (χ0n) is 16.4. The van der Waals surface area contributed by atoms with E-state index >= 15 is 0 Å². The van der Waals surface area contributed by atoms with Gasteiger partial charge in [0.2, 0.25) is 5.91 Å². The minimum absolute atomic E-state index is 0.0665. The van der Waals surface area contributed by atoms with Crippen molar-refractivity contribution in [3.8, 4) is 0 Å². The van der Waals surface area contributed by atoms with Crippen molar-refractivity contribution >= 4 is 34.5 Å². The molecule has 0 spiro atoms. The summed E-state index contributed by atoms with van der Waals surface area (Å²) in [5, 5.41) is 3.53. The van der Waals surface area contributed by atoms with Crippen LogP contribution in [0.15, 0.2) is 34.5 Å². The number of anilines is 1. The number of imidazole rings is 1. The number of aryl methyl sites for hydroxylation is 2. The van der Waals surface area contributed by atoms with Crippen LogP contribution in [-0.4, -0.2) is 43.9 Å². The van der Waals surface area contributed by atoms with E-state index < -0.39 is 0 Å². The van der Waals surface area contributed by atoms with Crippen LogP contribution in [0, 0.1) is 13.8 Å². The van der Waals surface area contributed by atoms with Gasteiger partial charge in [0.25, 0.3) is 5.56 Å². The van der Waals surface area contributed by atoms with E-state index in [0.717, 1.165) is 36.3 Å². The van der Waals surface area contributed by atoms with Crippen LogP contribution in [0.5, 0.6) is 0 Å². The predicted octanol–water partition coefficient (Wildman–Crippen LogP) is 2.65. The van der Waals surface area contributed by atoms with Gasteiger partial charge in [-0.15, -0.1) is 0 Å². The molecule has 1 aliphatic heterocycles. The van der Waals surface area contributed by atoms with E-state index in [1.165, 1.54) is 18.1 Å². The third kappa shape index (κ3) is 4.35. The first-order chi connectivity index (χ1) is 14.0. The number of fused-ring (bicyclic) bond motifs is 1. The fourth-order valence-electron chi connectivity index (χ4n) is 3.46. The van der Waals surface area contributed by atoms with Crippen molar-refractivity contribution in [1.29, 1.82) is 0 Å². The lowest BCUT2D eigenvalue weighted by Crippen LogP contribution is -2.18. The van der Waals surface area contributed by atoms with E-state index in [4.69, 9.17) is 4.74 Å². The molecule has 152 valence electrons. The number of hydrogen-bond donors (Lipinski definition) is 2. The maximum Gasteiger partial charge on any atom is 0.278 e. The van der Waals surface area contributed by atoms with Gasteiger partial charge in [-0.2, -0.15) is 0 Å². The molecule has 1 atom stereocenters. The summed E-state index contributed by atoms with van der Waals surface area (Å²) in [6.07, 6.45) is 3.42. The normalized spacial score (nSPS) is 16.4. The summed E-state index contributed by atoms with van der Waals surface area (Å²) in [6.45, 7) is 5.29. The number of aromatic amines is 1. The number of carbonyl (C=O) groups is 1. The average molecular weight is 414 g/mol. The van der Waals surface area contributed by atoms with Crippen molar-refractivity contribution < 1.29 is 9.53 Å². The highest BCUT2D eigenvalue weighted by molar-refractivity contribution is 7.99. The first kappa shape index (κ1) is 19.7. The van der Waals surface area contributed by atoms with E-state index in [-0.39, 0.29) is 28.8 Å². The predicted molar refractivity (Wildman–Crippen MR) is 112 cm³/mol. The average Bonchev–Trinajstić information content (AvgIpc) is 3.32. The van der Waals surface area contributed by atoms with Gasteiger partial charge in [0.05, 0.1) is 24.7 Å². The summed E-state index contributed by atoms with van der Waals surface area (Å²) in [5.74, 6) is 0.0552. The van der Waals surface area contributed by atoms with Crippen LogP contribution in [0.3, 0.4) is 0 Å². The summed E-state index contributed by atoms with van der Waals surface area (Å²) < 4.78 is 7.62. The van der Waals surface area contributed by atoms with Gasteiger partial charge in [-0.1, -0.05) is 29.5 Å². The molecule has 2 aromatic heterocycles. The Balaban J connectivity index is 1.52. The van der Waals surface area contributed by atoms with Crippen LogP contribution >= 0.6 is 11.8 Å². The number of rotatable bonds is 6. The molecule has 3 heterocycles. The van der Waals surface area contributed by atoms with E-state index in [1.807, 2.05) is 36.6 Å². The van der Waals surface area contributed by atoms with Gasteiger partial charge in [0.15, 0.2) is 16.3 Å². The molecule has 1 fully saturated rings. The summed E-state index contributed by atoms with van der Waals surface area (Å²) >= 11 is 1.29. The van der Waals surface area contributed by atoms with Crippen LogP contribution in [0.2, 0.25) is 0 Å². The van der Waals surface area contributed by atoms with Gasteiger partial charge >= 0.3 is 0 Å². The van der Waals surface area contributed by atoms with Crippen LogP contribution in [-0.2, 0) is 16.1 Å². The Labute approximate surface area is 172 Å². The van der Waals surface area contributed by atoms with E-state index in [1.54, 1.807) is 0 Å². The lowest BCUT2D eigenvalue weighted by molar-refractivity contribution is -0.113. The Morgan fingerprint density at radius 3 is 3.03 bits per heavy atom. The smallest absolute Gasteiger partial charge is 0.278 e. The Morgan fingerprint density at radius 2 is 2.28 bits per heavy atom. The Hall–Kier alpha value is -2.65. The molecule has 1 aliphatic rings. The molecule has 1 saturated heterocycles. The van der Waals surface area contributed by atoms with Crippen molar-refractivity contribution in [1.82, 2.24) is 19.5 Å². The second-order valence-electron chi connectivity index (χ2n) is 7.20. The highest BCUT2D eigenvalue weighted by Gasteiger charge is 2.22. The summed E-state index contributed by atoms with van der Waals surface area (Å²) in [4.78, 5) is 35.9. The van der Waals surface area contributed by atoms with Crippen LogP contribution in [0.25, 0.3) is 11.2 Å². The molecule has 0 bridgehead atoms. The van der Waals surface area contributed by atoms with Crippen molar-refractivity contribution in [3.05, 3.63) is 46.0 Å². The molecular weight excluding hydrogens is 390 g/mol. The summed E-state index contributed by atoms with van der Waals surface area (Å²) in [6, 6.07) is 5.90. The zero-order valence-corrected chi connectivity index (χ0v) is 17.2. The van der Waals surface area contributed by atoms with Crippen LogP contribution < -0.4 is 10.9 Å². The van der Waals surface area contributed by atoms with Crippen LogP contribution in [0.4, 0.5) is 5.69 Å². The zero-order chi connectivity index (χ0) is 20.4. The fourth-order valence-corrected chi connectivity index (χ4v) is 4.27. The molecule has 3 aromatic rings. The molecular formula is C20H23N5O3S. The number of aromatic nitrogens is 4. The molecule has 1 amide bonds. The van der Waals surface area contributed by atoms with E-state index in [2.05, 4.69) is 20.3 Å². The molecule has 4 rings (SSSR count). The number of nitrogens with one attached hydrogen (secondary N) is 2. The number of thioether (sulfide) groups is 1. The molecule has 1 aromatic carbocycles. The van der Waals surface area contributed by atoms with Crippen molar-refractivity contribution in [2.24, 2.45) is 0 Å². The van der Waals surface area contributed by atoms with E-state index in [9.17, 15) is 9.59 Å². The van der Waals surface area contributed by atoms with Gasteiger partial charge in [-0.05, 0) is 38.3 Å². The molecule has 0 saturated carbocycles. The minimum atomic E-state index is -0.289. The molecule has 0 aliphatic carbocycles. The summed E-state index contributed by atoms with van der Waals surface area (Å²) in [7, 11) is 0. The highest BCUT2D eigenvalue weighted by atomic mass is 32.2. The number of ether oxygens (including phenoxy) is 1. The van der Waals surface area contributed by atoms with Gasteiger partial charge in [-0.25, -0.2) is 9.97 Å². The molecule has 0 radical (unpaired) electrons. The number of carbonyl (C=O) groups excluding carboxylic acids is 1. The number of benzene rings is 1. The SMILES string of the molecule is Cc1ccc(NC(=O)CSc2nc3c(=O)[nH]cnc3n2C[C@@H]2CCCO2)c(C)c1. The standard InChI is InChI=1S/C20H23N5O3S/c1-12-5-6-15(13(2)8-12)23-16(26)10-29-20-24-17-18(21-11-22-19(17)27)25(20)9-14-4-3-7-28-14/h5-6,8,11,14H,3-4,7,9-10H2,1-2H3,(H,23,26)(H,21,22,27)/t14-/m0/s1. The van der Waals surface area contributed by atoms with Gasteiger partial charge in [0.1, 0.15) is 0 Å². The summed E-state index contributed by atoms with van der Waals surface area (Å²) in [5.41, 5.74) is 3.47. The van der Waals surface area contributed by atoms with Gasteiger partial charge in [-0.3, -0.25) is 9.59 Å². The largest absolute Gasteiger partial charge is 0.376 e. The van der Waals surface area contributed by atoms with E-state index in [0.29, 0.717) is 17.3 Å². The van der Waals surface area contributed by atoms with Crippen molar-refractivity contribution in [2.75, 3.05) is 17.7 Å². The molecule has 9 heteroatoms. The lowest BCUT2D eigenvalue weighted by atomic mass is 10.1. The molecule has 2 N–H and O–H groups in total. The first-order valence-corrected chi connectivity index (χ1v) is 10.6. The molecule has 0 unspecified atom stereocenters. The number of H-pyrrole nitrogens is 1. The third-order valence-corrected chi connectivity index (χ3v) is 5.88. The molecule has 8 nitrogen and oxygen atoms in total. The number of nitrogens with zero attached hydrogens (tertiary/aromatic N) is 3. The Morgan fingerprint density at radius 1 is 1.41 bits per heavy atom. The van der Waals surface area contributed by atoms with Crippen molar-refractivity contribution in [3.63, 3.8) is 0 Å². The minimum Gasteiger partial charge on any atom is -0.376 e. The number of hydrogen-bond acceptors (Lipinski definition) is 6. The van der Waals surface area contributed by atoms with Crippen LogP contribution in [0.1, 0.15) is 24.0 Å². The van der Waals surface area contributed by atoms with Gasteiger partial charge < -0.3 is 19.6 Å². The quantitative estimate of drug-likeness (QED) is 0.603. The Bertz CT molecular complexity index is 1100. The first-order valence-electron chi connectivity index (χ1n) is 9.56. The number of amides is 1. The van der Waals surface area contributed by atoms with Gasteiger partial charge in [0, 0.05) is 12.3 Å². The maximum absolute atomic E-state index is 12.5. The fraction of sp³-hybridized carbons (Fsp3) is 0.400. The molecule has 29 heavy (non-hydrogen) atoms. The lowest BCUT2D eigenvalue weighted by Gasteiger charge is -2.13. The van der Waals surface area contributed by atoms with Crippen molar-refractivity contribution in [2.45, 2.75) is 44.5 Å². The second-order valence-corrected chi connectivity index (χ2v) is 8.14. The highest BCUT2D eigenvalue weighted by Crippen LogP contribution is 2.25. The third-order valence-electron chi connectivity index (χ3n) is 4.90. The monoisotopic (exact) mass is 413 g/mol. The maximum atomic E-state index is 12.5.